The number of nitrogens with one attached hydrogen (secondary N) is 1. The lowest BCUT2D eigenvalue weighted by Crippen LogP contribution is -2.14. The Bertz CT molecular complexity index is 1220. The summed E-state index contributed by atoms with van der Waals surface area (Å²) < 4.78 is 5.47. The van der Waals surface area contributed by atoms with Gasteiger partial charge in [-0.25, -0.2) is 0 Å². The first kappa shape index (κ1) is 19.4. The molecule has 0 bridgehead atoms. The van der Waals surface area contributed by atoms with E-state index in [2.05, 4.69) is 15.5 Å². The highest BCUT2D eigenvalue weighted by Gasteiger charge is 2.24. The molecular formula is C22H15ClN4O3. The minimum absolute atomic E-state index is 0.0857. The van der Waals surface area contributed by atoms with Crippen LogP contribution in [0.2, 0.25) is 5.02 Å². The molecule has 3 N–H and O–H groups in total. The SMILES string of the molecule is NC(=O)c1ccccc1-c1c(-c2cccnc2)noc1NC(=O)c1ccc(Cl)cc1. The van der Waals surface area contributed by atoms with Crippen LogP contribution in [-0.4, -0.2) is 22.0 Å². The maximum atomic E-state index is 12.7. The quantitative estimate of drug-likeness (QED) is 0.498. The molecule has 0 unspecified atom stereocenters. The lowest BCUT2D eigenvalue weighted by molar-refractivity contribution is 0.0998. The van der Waals surface area contributed by atoms with Crippen molar-refractivity contribution in [2.24, 2.45) is 5.73 Å². The summed E-state index contributed by atoms with van der Waals surface area (Å²) in [5.41, 5.74) is 8.21. The van der Waals surface area contributed by atoms with Crippen LogP contribution < -0.4 is 11.1 Å². The number of carbonyl (C=O) groups excluding carboxylic acids is 2. The molecule has 4 rings (SSSR count). The lowest BCUT2D eigenvalue weighted by Gasteiger charge is -2.09. The van der Waals surface area contributed by atoms with Crippen molar-refractivity contribution < 1.29 is 14.1 Å². The summed E-state index contributed by atoms with van der Waals surface area (Å²) in [6.07, 6.45) is 3.24. The van der Waals surface area contributed by atoms with Gasteiger partial charge in [-0.2, -0.15) is 0 Å². The van der Waals surface area contributed by atoms with Gasteiger partial charge in [-0.1, -0.05) is 35.0 Å². The van der Waals surface area contributed by atoms with Gasteiger partial charge < -0.3 is 10.3 Å². The summed E-state index contributed by atoms with van der Waals surface area (Å²) in [5, 5.41) is 7.35. The van der Waals surface area contributed by atoms with Crippen molar-refractivity contribution in [1.82, 2.24) is 10.1 Å². The number of hydrogen-bond acceptors (Lipinski definition) is 5. The maximum Gasteiger partial charge on any atom is 0.258 e. The molecule has 0 aliphatic carbocycles. The highest BCUT2D eigenvalue weighted by atomic mass is 35.5. The minimum atomic E-state index is -0.612. The zero-order chi connectivity index (χ0) is 21.1. The van der Waals surface area contributed by atoms with E-state index in [1.54, 1.807) is 73.1 Å². The Morgan fingerprint density at radius 1 is 1.00 bits per heavy atom. The molecule has 0 spiro atoms. The summed E-state index contributed by atoms with van der Waals surface area (Å²) >= 11 is 5.89. The predicted octanol–water partition coefficient (Wildman–Crippen LogP) is 4.41. The molecule has 0 aliphatic heterocycles. The van der Waals surface area contributed by atoms with Crippen LogP contribution in [0.5, 0.6) is 0 Å². The van der Waals surface area contributed by atoms with E-state index in [0.717, 1.165) is 0 Å². The van der Waals surface area contributed by atoms with Crippen LogP contribution in [0.15, 0.2) is 77.6 Å². The fraction of sp³-hybridized carbons (Fsp3) is 0. The smallest absolute Gasteiger partial charge is 0.258 e. The van der Waals surface area contributed by atoms with Gasteiger partial charge >= 0.3 is 0 Å². The number of nitrogens with two attached hydrogens (primary N) is 1. The second kappa shape index (κ2) is 8.18. The first-order valence-corrected chi connectivity index (χ1v) is 9.28. The molecular weight excluding hydrogens is 404 g/mol. The first-order valence-electron chi connectivity index (χ1n) is 8.91. The Morgan fingerprint density at radius 3 is 2.47 bits per heavy atom. The number of hydrogen-bond donors (Lipinski definition) is 2. The number of rotatable bonds is 5. The second-order valence-corrected chi connectivity index (χ2v) is 6.78. The van der Waals surface area contributed by atoms with E-state index in [-0.39, 0.29) is 11.4 Å². The molecule has 0 saturated carbocycles. The molecule has 0 atom stereocenters. The molecule has 0 aliphatic rings. The molecule has 0 saturated heterocycles. The number of aromatic nitrogens is 2. The predicted molar refractivity (Wildman–Crippen MR) is 113 cm³/mol. The van der Waals surface area contributed by atoms with E-state index in [0.29, 0.717) is 33.0 Å². The molecule has 7 nitrogen and oxygen atoms in total. The van der Waals surface area contributed by atoms with Crippen LogP contribution >= 0.6 is 11.6 Å². The van der Waals surface area contributed by atoms with Crippen molar-refractivity contribution in [1.29, 1.82) is 0 Å². The van der Waals surface area contributed by atoms with Gasteiger partial charge in [0, 0.05) is 39.7 Å². The van der Waals surface area contributed by atoms with Crippen molar-refractivity contribution in [3.63, 3.8) is 0 Å². The third kappa shape index (κ3) is 3.78. The fourth-order valence-electron chi connectivity index (χ4n) is 3.02. The molecule has 8 heteroatoms. The molecule has 2 amide bonds. The van der Waals surface area contributed by atoms with Crippen LogP contribution in [0.25, 0.3) is 22.4 Å². The summed E-state index contributed by atoms with van der Waals surface area (Å²) in [5.74, 6) is -0.945. The van der Waals surface area contributed by atoms with E-state index < -0.39 is 11.8 Å². The van der Waals surface area contributed by atoms with Crippen molar-refractivity contribution >= 4 is 29.3 Å². The number of pyridine rings is 1. The van der Waals surface area contributed by atoms with Crippen LogP contribution in [0.4, 0.5) is 5.88 Å². The summed E-state index contributed by atoms with van der Waals surface area (Å²) in [6.45, 7) is 0. The van der Waals surface area contributed by atoms with E-state index in [4.69, 9.17) is 21.9 Å². The molecule has 2 heterocycles. The number of carbonyl (C=O) groups is 2. The van der Waals surface area contributed by atoms with Gasteiger partial charge in [0.1, 0.15) is 5.69 Å². The highest BCUT2D eigenvalue weighted by Crippen LogP contribution is 2.39. The number of benzene rings is 2. The Morgan fingerprint density at radius 2 is 1.77 bits per heavy atom. The lowest BCUT2D eigenvalue weighted by atomic mass is 9.96. The molecule has 148 valence electrons. The zero-order valence-corrected chi connectivity index (χ0v) is 16.3. The molecule has 0 fully saturated rings. The Balaban J connectivity index is 1.84. The van der Waals surface area contributed by atoms with E-state index in [1.807, 2.05) is 0 Å². The van der Waals surface area contributed by atoms with Gasteiger partial charge in [-0.15, -0.1) is 0 Å². The molecule has 4 aromatic rings. The minimum Gasteiger partial charge on any atom is -0.366 e. The number of amides is 2. The van der Waals surface area contributed by atoms with Gasteiger partial charge in [0.2, 0.25) is 11.8 Å². The topological polar surface area (TPSA) is 111 Å². The third-order valence-electron chi connectivity index (χ3n) is 4.42. The van der Waals surface area contributed by atoms with Crippen LogP contribution in [0, 0.1) is 0 Å². The Labute approximate surface area is 176 Å². The van der Waals surface area contributed by atoms with E-state index in [9.17, 15) is 9.59 Å². The van der Waals surface area contributed by atoms with E-state index >= 15 is 0 Å². The molecule has 2 aromatic heterocycles. The highest BCUT2D eigenvalue weighted by molar-refractivity contribution is 6.30. The van der Waals surface area contributed by atoms with Crippen LogP contribution in [-0.2, 0) is 0 Å². The molecule has 0 radical (unpaired) electrons. The fourth-order valence-corrected chi connectivity index (χ4v) is 3.14. The number of primary amides is 1. The average molecular weight is 419 g/mol. The summed E-state index contributed by atoms with van der Waals surface area (Å²) in [4.78, 5) is 28.8. The number of halogens is 1. The normalized spacial score (nSPS) is 10.6. The van der Waals surface area contributed by atoms with Gasteiger partial charge in [-0.05, 0) is 42.5 Å². The zero-order valence-electron chi connectivity index (χ0n) is 15.5. The van der Waals surface area contributed by atoms with Crippen LogP contribution in [0.3, 0.4) is 0 Å². The van der Waals surface area contributed by atoms with E-state index in [1.165, 1.54) is 0 Å². The summed E-state index contributed by atoms with van der Waals surface area (Å²) in [6, 6.07) is 16.7. The first-order chi connectivity index (χ1) is 14.5. The largest absolute Gasteiger partial charge is 0.366 e. The Hall–Kier alpha value is -3.97. The van der Waals surface area contributed by atoms with Gasteiger partial charge in [0.25, 0.3) is 5.91 Å². The monoisotopic (exact) mass is 418 g/mol. The number of anilines is 1. The van der Waals surface area contributed by atoms with Crippen molar-refractivity contribution in [3.05, 3.63) is 89.2 Å². The maximum absolute atomic E-state index is 12.7. The average Bonchev–Trinajstić information content (AvgIpc) is 3.18. The van der Waals surface area contributed by atoms with Crippen LogP contribution in [0.1, 0.15) is 20.7 Å². The van der Waals surface area contributed by atoms with Gasteiger partial charge in [-0.3, -0.25) is 19.9 Å². The third-order valence-corrected chi connectivity index (χ3v) is 4.67. The second-order valence-electron chi connectivity index (χ2n) is 6.35. The summed E-state index contributed by atoms with van der Waals surface area (Å²) in [7, 11) is 0. The van der Waals surface area contributed by atoms with Crippen molar-refractivity contribution in [2.45, 2.75) is 0 Å². The van der Waals surface area contributed by atoms with Gasteiger partial charge in [0.15, 0.2) is 0 Å². The molecule has 30 heavy (non-hydrogen) atoms. The number of nitrogens with zero attached hydrogens (tertiary/aromatic N) is 2. The molecule has 2 aromatic carbocycles. The standard InChI is InChI=1S/C22H15ClN4O3/c23-15-9-7-13(8-10-15)21(29)26-22-18(16-5-1-2-6-17(16)20(24)28)19(27-30-22)14-4-3-11-25-12-14/h1-12H,(H2,24,28)(H,26,29). The van der Waals surface area contributed by atoms with Gasteiger partial charge in [0.05, 0.1) is 5.56 Å². The Kier molecular flexibility index (Phi) is 5.28. The van der Waals surface area contributed by atoms with Crippen molar-refractivity contribution in [3.8, 4) is 22.4 Å². The van der Waals surface area contributed by atoms with Crippen molar-refractivity contribution in [2.75, 3.05) is 5.32 Å².